The number of hydrogen-bond acceptors (Lipinski definition) is 5. The Morgan fingerprint density at radius 3 is 2.37 bits per heavy atom. The van der Waals surface area contributed by atoms with Crippen molar-refractivity contribution >= 4 is 23.1 Å². The summed E-state index contributed by atoms with van der Waals surface area (Å²) in [4.78, 5) is 20.7. The third kappa shape index (κ3) is 7.39. The molecular formula is C13H12F6N4O4. The van der Waals surface area contributed by atoms with Crippen LogP contribution in [0.5, 0.6) is 0 Å². The summed E-state index contributed by atoms with van der Waals surface area (Å²) in [5, 5.41) is 13.4. The predicted octanol–water partition coefficient (Wildman–Crippen LogP) is 1.82. The second-order valence-corrected chi connectivity index (χ2v) is 4.70. The first-order chi connectivity index (χ1) is 12.3. The van der Waals surface area contributed by atoms with E-state index in [9.17, 15) is 31.1 Å². The largest absolute Gasteiger partial charge is 0.522 e. The van der Waals surface area contributed by atoms with Crippen LogP contribution in [0.2, 0.25) is 0 Å². The number of pyridine rings is 1. The Morgan fingerprint density at radius 1 is 1.26 bits per heavy atom. The Kier molecular flexibility index (Phi) is 6.99. The molecule has 4 N–H and O–H groups in total. The summed E-state index contributed by atoms with van der Waals surface area (Å²) in [5.41, 5.74) is 6.75. The molecule has 0 fully saturated rings. The van der Waals surface area contributed by atoms with Gasteiger partial charge in [-0.25, -0.2) is 9.31 Å². The number of aliphatic carboxylic acids is 1. The number of carbonyl (C=O) groups excluding carboxylic acids is 1. The lowest BCUT2D eigenvalue weighted by molar-refractivity contribution is -0.323. The van der Waals surface area contributed by atoms with Gasteiger partial charge in [-0.05, 0) is 12.1 Å². The van der Waals surface area contributed by atoms with Gasteiger partial charge in [0.05, 0.1) is 23.9 Å². The zero-order valence-electron chi connectivity index (χ0n) is 13.1. The SMILES string of the molecule is Nc1ccn2ncc(C(=O)NCCOC(F)(F)F)c2c1.O=C(O)C(F)(F)F. The summed E-state index contributed by atoms with van der Waals surface area (Å²) in [6.45, 7) is -0.922. The summed E-state index contributed by atoms with van der Waals surface area (Å²) in [6, 6.07) is 3.16. The first-order valence-electron chi connectivity index (χ1n) is 6.83. The molecule has 0 aliphatic carbocycles. The average Bonchev–Trinajstić information content (AvgIpc) is 2.93. The highest BCUT2D eigenvalue weighted by Crippen LogP contribution is 2.16. The van der Waals surface area contributed by atoms with E-state index in [2.05, 4.69) is 15.2 Å². The monoisotopic (exact) mass is 402 g/mol. The van der Waals surface area contributed by atoms with Gasteiger partial charge in [-0.3, -0.25) is 9.53 Å². The summed E-state index contributed by atoms with van der Waals surface area (Å²) in [6.07, 6.45) is -6.90. The molecule has 0 aliphatic heterocycles. The highest BCUT2D eigenvalue weighted by molar-refractivity contribution is 6.00. The maximum Gasteiger partial charge on any atom is 0.522 e. The van der Waals surface area contributed by atoms with E-state index >= 15 is 0 Å². The van der Waals surface area contributed by atoms with Gasteiger partial charge in [-0.15, -0.1) is 13.2 Å². The van der Waals surface area contributed by atoms with Crippen molar-refractivity contribution in [1.82, 2.24) is 14.9 Å². The molecule has 14 heteroatoms. The van der Waals surface area contributed by atoms with Crippen LogP contribution in [-0.2, 0) is 9.53 Å². The maximum absolute atomic E-state index is 11.8. The van der Waals surface area contributed by atoms with Crippen molar-refractivity contribution in [3.63, 3.8) is 0 Å². The minimum absolute atomic E-state index is 0.226. The molecule has 27 heavy (non-hydrogen) atoms. The van der Waals surface area contributed by atoms with E-state index in [0.717, 1.165) is 0 Å². The van der Waals surface area contributed by atoms with Gasteiger partial charge in [0.25, 0.3) is 5.91 Å². The normalized spacial score (nSPS) is 11.6. The molecule has 0 saturated heterocycles. The predicted molar refractivity (Wildman–Crippen MR) is 77.6 cm³/mol. The molecule has 0 bridgehead atoms. The van der Waals surface area contributed by atoms with Crippen molar-refractivity contribution in [1.29, 1.82) is 0 Å². The molecule has 2 rings (SSSR count). The lowest BCUT2D eigenvalue weighted by Gasteiger charge is -2.08. The molecule has 0 aliphatic rings. The van der Waals surface area contributed by atoms with Crippen molar-refractivity contribution in [2.24, 2.45) is 0 Å². The fourth-order valence-electron chi connectivity index (χ4n) is 1.60. The molecule has 0 aromatic carbocycles. The maximum atomic E-state index is 11.8. The van der Waals surface area contributed by atoms with E-state index in [1.165, 1.54) is 10.7 Å². The van der Waals surface area contributed by atoms with Crippen molar-refractivity contribution in [2.75, 3.05) is 18.9 Å². The topological polar surface area (TPSA) is 119 Å². The Balaban J connectivity index is 0.000000445. The van der Waals surface area contributed by atoms with E-state index in [4.69, 9.17) is 15.6 Å². The van der Waals surface area contributed by atoms with Crippen LogP contribution < -0.4 is 11.1 Å². The zero-order chi connectivity index (χ0) is 20.8. The molecule has 1 amide bonds. The Morgan fingerprint density at radius 2 is 1.85 bits per heavy atom. The van der Waals surface area contributed by atoms with E-state index in [-0.39, 0.29) is 12.1 Å². The number of nitrogens with two attached hydrogens (primary N) is 1. The van der Waals surface area contributed by atoms with Crippen LogP contribution in [0, 0.1) is 0 Å². The number of fused-ring (bicyclic) bond motifs is 1. The van der Waals surface area contributed by atoms with Crippen LogP contribution >= 0.6 is 0 Å². The van der Waals surface area contributed by atoms with E-state index in [0.29, 0.717) is 11.2 Å². The molecule has 0 unspecified atom stereocenters. The Hall–Kier alpha value is -3.03. The van der Waals surface area contributed by atoms with Gasteiger partial charge in [-0.1, -0.05) is 0 Å². The molecule has 8 nitrogen and oxygen atoms in total. The van der Waals surface area contributed by atoms with Crippen LogP contribution in [0.25, 0.3) is 5.52 Å². The number of anilines is 1. The van der Waals surface area contributed by atoms with Gasteiger partial charge < -0.3 is 16.2 Å². The molecule has 2 aromatic rings. The fraction of sp³-hybridized carbons (Fsp3) is 0.308. The zero-order valence-corrected chi connectivity index (χ0v) is 13.1. The van der Waals surface area contributed by atoms with Crippen LogP contribution in [0.3, 0.4) is 0 Å². The lowest BCUT2D eigenvalue weighted by atomic mass is 10.2. The Bertz CT molecular complexity index is 802. The van der Waals surface area contributed by atoms with Gasteiger partial charge in [0, 0.05) is 18.4 Å². The number of carbonyl (C=O) groups is 2. The van der Waals surface area contributed by atoms with Gasteiger partial charge >= 0.3 is 18.5 Å². The van der Waals surface area contributed by atoms with E-state index < -0.39 is 31.0 Å². The number of halogens is 6. The van der Waals surface area contributed by atoms with Gasteiger partial charge in [0.1, 0.15) is 0 Å². The first-order valence-corrected chi connectivity index (χ1v) is 6.83. The number of hydrogen-bond donors (Lipinski definition) is 3. The summed E-state index contributed by atoms with van der Waals surface area (Å²) in [5.74, 6) is -3.30. The number of nitrogen functional groups attached to an aromatic ring is 1. The number of carboxylic acids is 1. The third-order valence-electron chi connectivity index (χ3n) is 2.69. The molecule has 2 aromatic heterocycles. The van der Waals surface area contributed by atoms with E-state index in [1.54, 1.807) is 18.3 Å². The quantitative estimate of drug-likeness (QED) is 0.530. The van der Waals surface area contributed by atoms with Crippen molar-refractivity contribution in [3.8, 4) is 0 Å². The number of amides is 1. The van der Waals surface area contributed by atoms with Gasteiger partial charge in [-0.2, -0.15) is 18.3 Å². The molecule has 0 atom stereocenters. The van der Waals surface area contributed by atoms with Crippen molar-refractivity contribution in [2.45, 2.75) is 12.5 Å². The highest BCUT2D eigenvalue weighted by Gasteiger charge is 2.38. The van der Waals surface area contributed by atoms with Crippen molar-refractivity contribution in [3.05, 3.63) is 30.1 Å². The first kappa shape index (κ1) is 22.0. The third-order valence-corrected chi connectivity index (χ3v) is 2.69. The average molecular weight is 402 g/mol. The minimum Gasteiger partial charge on any atom is -0.475 e. The number of rotatable bonds is 4. The van der Waals surface area contributed by atoms with E-state index in [1.807, 2.05) is 0 Å². The van der Waals surface area contributed by atoms with Crippen LogP contribution in [0.4, 0.5) is 32.0 Å². The van der Waals surface area contributed by atoms with Gasteiger partial charge in [0.15, 0.2) is 0 Å². The van der Waals surface area contributed by atoms with Gasteiger partial charge in [0.2, 0.25) is 0 Å². The number of aromatic nitrogens is 2. The standard InChI is InChI=1S/C11H11F3N4O2.C2HF3O2/c12-11(13,14)20-4-2-16-10(19)8-6-17-18-3-1-7(15)5-9(8)18;3-2(4,5)1(6)7/h1,3,5-6H,2,4,15H2,(H,16,19);(H,6,7). The molecule has 0 saturated carbocycles. The smallest absolute Gasteiger partial charge is 0.475 e. The molecule has 0 radical (unpaired) electrons. The van der Waals surface area contributed by atoms with Crippen LogP contribution in [0.1, 0.15) is 10.4 Å². The number of nitrogens with zero attached hydrogens (tertiary/aromatic N) is 2. The number of ether oxygens (including phenoxy) is 1. The summed E-state index contributed by atoms with van der Waals surface area (Å²) in [7, 11) is 0. The minimum atomic E-state index is -5.08. The van der Waals surface area contributed by atoms with Crippen LogP contribution in [0.15, 0.2) is 24.5 Å². The van der Waals surface area contributed by atoms with Crippen molar-refractivity contribution < 1.29 is 45.8 Å². The number of carboxylic acid groups (broad SMARTS) is 1. The van der Waals surface area contributed by atoms with Crippen LogP contribution in [-0.4, -0.2) is 52.3 Å². The Labute approximate surface area is 146 Å². The summed E-state index contributed by atoms with van der Waals surface area (Å²) < 4.78 is 72.0. The number of nitrogens with one attached hydrogen (secondary N) is 1. The lowest BCUT2D eigenvalue weighted by Crippen LogP contribution is -2.29. The molecule has 0 spiro atoms. The second-order valence-electron chi connectivity index (χ2n) is 4.70. The molecule has 2 heterocycles. The summed E-state index contributed by atoms with van der Waals surface area (Å²) >= 11 is 0. The molecule has 150 valence electrons. The molecular weight excluding hydrogens is 390 g/mol. The second kappa shape index (κ2) is 8.57. The highest BCUT2D eigenvalue weighted by atomic mass is 19.4. The number of alkyl halides is 6. The fourth-order valence-corrected chi connectivity index (χ4v) is 1.60.